The predicted octanol–water partition coefficient (Wildman–Crippen LogP) is 1.19. The number of aliphatic hydroxyl groups excluding tert-OH is 1. The molecule has 2 aromatic heterocycles. The molecule has 6 heteroatoms. The van der Waals surface area contributed by atoms with Crippen molar-refractivity contribution >= 4 is 11.6 Å². The van der Waals surface area contributed by atoms with Crippen LogP contribution in [-0.2, 0) is 0 Å². The Labute approximate surface area is 128 Å². The molecule has 2 fully saturated rings. The van der Waals surface area contributed by atoms with Crippen LogP contribution in [0.25, 0.3) is 5.65 Å². The van der Waals surface area contributed by atoms with Crippen LogP contribution < -0.4 is 0 Å². The minimum atomic E-state index is -0.183. The van der Waals surface area contributed by atoms with Crippen LogP contribution in [0.1, 0.15) is 34.7 Å². The highest BCUT2D eigenvalue weighted by Crippen LogP contribution is 2.38. The van der Waals surface area contributed by atoms with Gasteiger partial charge >= 0.3 is 0 Å². The van der Waals surface area contributed by atoms with E-state index in [1.165, 1.54) is 0 Å². The molecule has 2 unspecified atom stereocenters. The standard InChI is InChI=1S/C16H20N4O2/c1-9-3-10(2)20-15(17-9)6-14(18-20)16(22)19-7-11-4-13(21)5-12(11)8-19/h3,6,11-13,21H,4-5,7-8H2,1-2H3. The minimum Gasteiger partial charge on any atom is -0.393 e. The van der Waals surface area contributed by atoms with Gasteiger partial charge in [0.2, 0.25) is 0 Å². The largest absolute Gasteiger partial charge is 0.393 e. The molecule has 0 radical (unpaired) electrons. The van der Waals surface area contributed by atoms with Gasteiger partial charge in [0.15, 0.2) is 11.3 Å². The van der Waals surface area contributed by atoms with Crippen LogP contribution in [0.15, 0.2) is 12.1 Å². The lowest BCUT2D eigenvalue weighted by molar-refractivity contribution is 0.0759. The van der Waals surface area contributed by atoms with Crippen LogP contribution in [0.2, 0.25) is 0 Å². The van der Waals surface area contributed by atoms with Crippen LogP contribution in [0, 0.1) is 25.7 Å². The summed E-state index contributed by atoms with van der Waals surface area (Å²) in [6, 6.07) is 3.72. The molecule has 6 nitrogen and oxygen atoms in total. The van der Waals surface area contributed by atoms with Crippen molar-refractivity contribution in [1.29, 1.82) is 0 Å². The number of amides is 1. The third-order valence-corrected chi connectivity index (χ3v) is 4.97. The normalized spacial score (nSPS) is 27.6. The number of likely N-dealkylation sites (tertiary alicyclic amines) is 1. The fourth-order valence-corrected chi connectivity index (χ4v) is 3.99. The van der Waals surface area contributed by atoms with Crippen molar-refractivity contribution in [3.05, 3.63) is 29.2 Å². The number of aromatic nitrogens is 3. The molecule has 0 aromatic carbocycles. The zero-order valence-electron chi connectivity index (χ0n) is 12.9. The van der Waals surface area contributed by atoms with Gasteiger partial charge < -0.3 is 10.0 Å². The smallest absolute Gasteiger partial charge is 0.274 e. The molecule has 0 spiro atoms. The van der Waals surface area contributed by atoms with Gasteiger partial charge in [-0.05, 0) is 44.6 Å². The Balaban J connectivity index is 1.60. The zero-order chi connectivity index (χ0) is 15.4. The van der Waals surface area contributed by atoms with Crippen LogP contribution >= 0.6 is 0 Å². The molecule has 1 saturated heterocycles. The third kappa shape index (κ3) is 2.09. The summed E-state index contributed by atoms with van der Waals surface area (Å²) in [7, 11) is 0. The van der Waals surface area contributed by atoms with Crippen molar-refractivity contribution in [2.45, 2.75) is 32.8 Å². The van der Waals surface area contributed by atoms with E-state index in [0.717, 1.165) is 43.0 Å². The maximum Gasteiger partial charge on any atom is 0.274 e. The lowest BCUT2D eigenvalue weighted by Gasteiger charge is -2.16. The Kier molecular flexibility index (Phi) is 2.97. The Bertz CT molecular complexity index is 740. The molecule has 2 aromatic rings. The second kappa shape index (κ2) is 4.78. The number of nitrogens with zero attached hydrogens (tertiary/aromatic N) is 4. The summed E-state index contributed by atoms with van der Waals surface area (Å²) in [5, 5.41) is 14.1. The summed E-state index contributed by atoms with van der Waals surface area (Å²) in [5.41, 5.74) is 3.08. The topological polar surface area (TPSA) is 70.7 Å². The minimum absolute atomic E-state index is 0.0218. The summed E-state index contributed by atoms with van der Waals surface area (Å²) in [6.07, 6.45) is 1.45. The van der Waals surface area contributed by atoms with E-state index in [-0.39, 0.29) is 12.0 Å². The maximum atomic E-state index is 12.7. The van der Waals surface area contributed by atoms with Gasteiger partial charge in [0.25, 0.3) is 5.91 Å². The Hall–Kier alpha value is -1.95. The number of hydrogen-bond donors (Lipinski definition) is 1. The molecule has 2 aliphatic rings. The third-order valence-electron chi connectivity index (χ3n) is 4.97. The number of rotatable bonds is 1. The number of carbonyl (C=O) groups excluding carboxylic acids is 1. The van der Waals surface area contributed by atoms with Crippen molar-refractivity contribution in [3.8, 4) is 0 Å². The lowest BCUT2D eigenvalue weighted by Crippen LogP contribution is -2.30. The monoisotopic (exact) mass is 300 g/mol. The van der Waals surface area contributed by atoms with E-state index >= 15 is 0 Å². The van der Waals surface area contributed by atoms with Crippen LogP contribution in [-0.4, -0.2) is 49.7 Å². The maximum absolute atomic E-state index is 12.7. The van der Waals surface area contributed by atoms with Gasteiger partial charge in [0.1, 0.15) is 0 Å². The summed E-state index contributed by atoms with van der Waals surface area (Å²) in [4.78, 5) is 19.0. The van der Waals surface area contributed by atoms with Crippen LogP contribution in [0.5, 0.6) is 0 Å². The van der Waals surface area contributed by atoms with E-state index in [1.54, 1.807) is 10.6 Å². The first-order chi connectivity index (χ1) is 10.5. The zero-order valence-corrected chi connectivity index (χ0v) is 12.9. The summed E-state index contributed by atoms with van der Waals surface area (Å²) in [6.45, 7) is 5.37. The molecule has 3 heterocycles. The van der Waals surface area contributed by atoms with Crippen LogP contribution in [0.4, 0.5) is 0 Å². The van der Waals surface area contributed by atoms with Crippen molar-refractivity contribution in [1.82, 2.24) is 19.5 Å². The summed E-state index contributed by atoms with van der Waals surface area (Å²) in [5.74, 6) is 0.864. The van der Waals surface area contributed by atoms with E-state index in [9.17, 15) is 9.90 Å². The van der Waals surface area contributed by atoms with Gasteiger partial charge in [0, 0.05) is 30.5 Å². The second-order valence-electron chi connectivity index (χ2n) is 6.69. The molecule has 1 aliphatic heterocycles. The molecule has 1 aliphatic carbocycles. The molecular formula is C16H20N4O2. The first-order valence-electron chi connectivity index (χ1n) is 7.82. The first-order valence-corrected chi connectivity index (χ1v) is 7.82. The number of carbonyl (C=O) groups is 1. The van der Waals surface area contributed by atoms with Gasteiger partial charge in [0.05, 0.1) is 6.10 Å². The highest BCUT2D eigenvalue weighted by molar-refractivity contribution is 5.93. The molecule has 2 atom stereocenters. The fraction of sp³-hybridized carbons (Fsp3) is 0.562. The van der Waals surface area contributed by atoms with Crippen molar-refractivity contribution in [3.63, 3.8) is 0 Å². The van der Waals surface area contributed by atoms with Crippen molar-refractivity contribution in [2.24, 2.45) is 11.8 Å². The van der Waals surface area contributed by atoms with Crippen molar-refractivity contribution in [2.75, 3.05) is 13.1 Å². The molecule has 116 valence electrons. The first kappa shape index (κ1) is 13.7. The van der Waals surface area contributed by atoms with E-state index in [4.69, 9.17) is 0 Å². The Morgan fingerprint density at radius 2 is 1.91 bits per heavy atom. The molecule has 1 amide bonds. The second-order valence-corrected chi connectivity index (χ2v) is 6.69. The van der Waals surface area contributed by atoms with E-state index in [2.05, 4.69) is 10.1 Å². The van der Waals surface area contributed by atoms with E-state index in [0.29, 0.717) is 17.5 Å². The number of aliphatic hydroxyl groups is 1. The summed E-state index contributed by atoms with van der Waals surface area (Å²) < 4.78 is 1.72. The Morgan fingerprint density at radius 1 is 1.23 bits per heavy atom. The van der Waals surface area contributed by atoms with Gasteiger partial charge in [-0.15, -0.1) is 0 Å². The van der Waals surface area contributed by atoms with Gasteiger partial charge in [-0.2, -0.15) is 5.10 Å². The summed E-state index contributed by atoms with van der Waals surface area (Å²) >= 11 is 0. The Morgan fingerprint density at radius 3 is 2.59 bits per heavy atom. The molecule has 22 heavy (non-hydrogen) atoms. The fourth-order valence-electron chi connectivity index (χ4n) is 3.99. The van der Waals surface area contributed by atoms with E-state index < -0.39 is 0 Å². The quantitative estimate of drug-likeness (QED) is 0.859. The molecule has 1 N–H and O–H groups in total. The molecular weight excluding hydrogens is 280 g/mol. The molecule has 4 rings (SSSR count). The average molecular weight is 300 g/mol. The van der Waals surface area contributed by atoms with Gasteiger partial charge in [-0.1, -0.05) is 0 Å². The number of aryl methyl sites for hydroxylation is 2. The molecule has 0 bridgehead atoms. The van der Waals surface area contributed by atoms with E-state index in [1.807, 2.05) is 24.8 Å². The number of hydrogen-bond acceptors (Lipinski definition) is 4. The van der Waals surface area contributed by atoms with Gasteiger partial charge in [-0.25, -0.2) is 9.50 Å². The molecule has 1 saturated carbocycles. The average Bonchev–Trinajstić information content (AvgIpc) is 3.09. The van der Waals surface area contributed by atoms with Crippen molar-refractivity contribution < 1.29 is 9.90 Å². The van der Waals surface area contributed by atoms with Gasteiger partial charge in [-0.3, -0.25) is 4.79 Å². The number of fused-ring (bicyclic) bond motifs is 2. The van der Waals surface area contributed by atoms with Crippen LogP contribution in [0.3, 0.4) is 0 Å². The highest BCUT2D eigenvalue weighted by atomic mass is 16.3. The lowest BCUT2D eigenvalue weighted by atomic mass is 10.0. The predicted molar refractivity (Wildman–Crippen MR) is 80.6 cm³/mol. The highest BCUT2D eigenvalue weighted by Gasteiger charge is 2.42. The SMILES string of the molecule is Cc1cc(C)n2nc(C(=O)N3CC4CC(O)CC4C3)cc2n1.